The molecule has 0 saturated carbocycles. The topological polar surface area (TPSA) is 48.0 Å². The van der Waals surface area contributed by atoms with Gasteiger partial charge in [0.25, 0.3) is 0 Å². The summed E-state index contributed by atoms with van der Waals surface area (Å²) in [6.45, 7) is 3.32. The van der Waals surface area contributed by atoms with Gasteiger partial charge in [-0.25, -0.2) is 0 Å². The van der Waals surface area contributed by atoms with Crippen LogP contribution in [0, 0.1) is 0 Å². The number of carbonyl (C=O) groups is 1. The predicted octanol–water partition coefficient (Wildman–Crippen LogP) is 4.30. The van der Waals surface area contributed by atoms with Gasteiger partial charge >= 0.3 is 0 Å². The van der Waals surface area contributed by atoms with E-state index >= 15 is 0 Å². The molecule has 0 aliphatic carbocycles. The molecule has 2 aromatic carbocycles. The molecule has 0 fully saturated rings. The summed E-state index contributed by atoms with van der Waals surface area (Å²) in [4.78, 5) is 13.8. The van der Waals surface area contributed by atoms with Gasteiger partial charge in [0.2, 0.25) is 5.91 Å². The van der Waals surface area contributed by atoms with Crippen LogP contribution in [0.5, 0.6) is 17.2 Å². The quantitative estimate of drug-likeness (QED) is 0.600. The zero-order valence-electron chi connectivity index (χ0n) is 15.8. The standard InChI is InChI=1S/C21H24ClNO4/c1-4-26-20-15-16(5-11-19(20)25-3)6-12-21(24)23(2)13-14-27-18-9-7-17(22)8-10-18/h5-12,15H,4,13-14H2,1-3H3/b12-6+. The molecule has 1 amide bonds. The van der Waals surface area contributed by atoms with Crippen molar-refractivity contribution < 1.29 is 19.0 Å². The lowest BCUT2D eigenvalue weighted by Gasteiger charge is -2.15. The average Bonchev–Trinajstić information content (AvgIpc) is 2.68. The molecule has 0 aliphatic heterocycles. The highest BCUT2D eigenvalue weighted by Gasteiger charge is 2.07. The van der Waals surface area contributed by atoms with Crippen LogP contribution in [-0.4, -0.2) is 44.7 Å². The average molecular weight is 390 g/mol. The zero-order valence-corrected chi connectivity index (χ0v) is 16.5. The third-order valence-electron chi connectivity index (χ3n) is 3.79. The van der Waals surface area contributed by atoms with Crippen molar-refractivity contribution >= 4 is 23.6 Å². The fourth-order valence-corrected chi connectivity index (χ4v) is 2.43. The minimum absolute atomic E-state index is 0.108. The maximum absolute atomic E-state index is 12.2. The van der Waals surface area contributed by atoms with Crippen molar-refractivity contribution in [2.75, 3.05) is 33.9 Å². The maximum Gasteiger partial charge on any atom is 0.246 e. The number of carbonyl (C=O) groups excluding carboxylic acids is 1. The zero-order chi connectivity index (χ0) is 19.6. The number of nitrogens with zero attached hydrogens (tertiary/aromatic N) is 1. The smallest absolute Gasteiger partial charge is 0.246 e. The van der Waals surface area contributed by atoms with E-state index in [0.717, 1.165) is 11.3 Å². The van der Waals surface area contributed by atoms with Gasteiger partial charge in [-0.1, -0.05) is 17.7 Å². The minimum Gasteiger partial charge on any atom is -0.493 e. The second kappa shape index (κ2) is 10.5. The van der Waals surface area contributed by atoms with Gasteiger partial charge in [-0.2, -0.15) is 0 Å². The Kier molecular flexibility index (Phi) is 8.01. The Morgan fingerprint density at radius 3 is 2.52 bits per heavy atom. The van der Waals surface area contributed by atoms with E-state index < -0.39 is 0 Å². The van der Waals surface area contributed by atoms with Crippen LogP contribution in [0.15, 0.2) is 48.5 Å². The van der Waals surface area contributed by atoms with Gasteiger partial charge in [0.05, 0.1) is 20.3 Å². The second-order valence-electron chi connectivity index (χ2n) is 5.74. The monoisotopic (exact) mass is 389 g/mol. The number of hydrogen-bond donors (Lipinski definition) is 0. The summed E-state index contributed by atoms with van der Waals surface area (Å²) in [6, 6.07) is 12.6. The molecule has 27 heavy (non-hydrogen) atoms. The maximum atomic E-state index is 12.2. The highest BCUT2D eigenvalue weighted by molar-refractivity contribution is 6.30. The summed E-state index contributed by atoms with van der Waals surface area (Å²) in [5.74, 6) is 1.93. The molecule has 0 spiro atoms. The highest BCUT2D eigenvalue weighted by atomic mass is 35.5. The third kappa shape index (κ3) is 6.53. The van der Waals surface area contributed by atoms with Crippen LogP contribution < -0.4 is 14.2 Å². The summed E-state index contributed by atoms with van der Waals surface area (Å²) in [5, 5.41) is 0.658. The summed E-state index contributed by atoms with van der Waals surface area (Å²) in [5.41, 5.74) is 0.860. The Hall–Kier alpha value is -2.66. The van der Waals surface area contributed by atoms with Gasteiger partial charge in [-0.3, -0.25) is 4.79 Å². The van der Waals surface area contributed by atoms with Crippen molar-refractivity contribution in [2.45, 2.75) is 6.92 Å². The summed E-state index contributed by atoms with van der Waals surface area (Å²) < 4.78 is 16.4. The first-order valence-electron chi connectivity index (χ1n) is 8.66. The second-order valence-corrected chi connectivity index (χ2v) is 6.18. The summed E-state index contributed by atoms with van der Waals surface area (Å²) >= 11 is 5.84. The normalized spacial score (nSPS) is 10.7. The molecular weight excluding hydrogens is 366 g/mol. The lowest BCUT2D eigenvalue weighted by Crippen LogP contribution is -2.29. The van der Waals surface area contributed by atoms with Crippen molar-refractivity contribution in [3.05, 3.63) is 59.1 Å². The molecular formula is C21H24ClNO4. The largest absolute Gasteiger partial charge is 0.493 e. The van der Waals surface area contributed by atoms with Crippen LogP contribution in [0.2, 0.25) is 5.02 Å². The number of likely N-dealkylation sites (N-methyl/N-ethyl adjacent to an activating group) is 1. The van der Waals surface area contributed by atoms with Gasteiger partial charge in [-0.05, 0) is 55.0 Å². The molecule has 0 N–H and O–H groups in total. The van der Waals surface area contributed by atoms with E-state index in [4.69, 9.17) is 25.8 Å². The van der Waals surface area contributed by atoms with Gasteiger partial charge < -0.3 is 19.1 Å². The molecule has 2 aromatic rings. The summed E-state index contributed by atoms with van der Waals surface area (Å²) in [6.07, 6.45) is 3.28. The number of amides is 1. The lowest BCUT2D eigenvalue weighted by atomic mass is 10.2. The van der Waals surface area contributed by atoms with Crippen molar-refractivity contribution in [1.29, 1.82) is 0 Å². The van der Waals surface area contributed by atoms with Crippen molar-refractivity contribution in [1.82, 2.24) is 4.90 Å². The van der Waals surface area contributed by atoms with Crippen LogP contribution in [0.1, 0.15) is 12.5 Å². The van der Waals surface area contributed by atoms with E-state index in [0.29, 0.717) is 36.3 Å². The van der Waals surface area contributed by atoms with Crippen molar-refractivity contribution in [3.8, 4) is 17.2 Å². The van der Waals surface area contributed by atoms with Crippen LogP contribution in [0.4, 0.5) is 0 Å². The van der Waals surface area contributed by atoms with Gasteiger partial charge in [0.1, 0.15) is 12.4 Å². The van der Waals surface area contributed by atoms with E-state index in [-0.39, 0.29) is 5.91 Å². The Morgan fingerprint density at radius 2 is 1.85 bits per heavy atom. The van der Waals surface area contributed by atoms with E-state index in [9.17, 15) is 4.79 Å². The minimum atomic E-state index is -0.108. The van der Waals surface area contributed by atoms with Crippen LogP contribution in [0.25, 0.3) is 6.08 Å². The van der Waals surface area contributed by atoms with Crippen LogP contribution >= 0.6 is 11.6 Å². The number of rotatable bonds is 9. The van der Waals surface area contributed by atoms with E-state index in [1.807, 2.05) is 25.1 Å². The third-order valence-corrected chi connectivity index (χ3v) is 4.04. The number of ether oxygens (including phenoxy) is 3. The SMILES string of the molecule is CCOc1cc(/C=C/C(=O)N(C)CCOc2ccc(Cl)cc2)ccc1OC. The van der Waals surface area contributed by atoms with E-state index in [2.05, 4.69) is 0 Å². The molecule has 0 heterocycles. The number of benzene rings is 2. The van der Waals surface area contributed by atoms with Gasteiger partial charge in [0, 0.05) is 18.1 Å². The Balaban J connectivity index is 1.87. The first-order chi connectivity index (χ1) is 13.0. The molecule has 144 valence electrons. The molecule has 0 atom stereocenters. The molecule has 0 aliphatic rings. The summed E-state index contributed by atoms with van der Waals surface area (Å²) in [7, 11) is 3.33. The molecule has 6 heteroatoms. The van der Waals surface area contributed by atoms with Crippen molar-refractivity contribution in [2.24, 2.45) is 0 Å². The fraction of sp³-hybridized carbons (Fsp3) is 0.286. The van der Waals surface area contributed by atoms with E-state index in [1.54, 1.807) is 49.4 Å². The molecule has 0 aromatic heterocycles. The highest BCUT2D eigenvalue weighted by Crippen LogP contribution is 2.28. The Morgan fingerprint density at radius 1 is 1.11 bits per heavy atom. The first kappa shape index (κ1) is 20.6. The first-order valence-corrected chi connectivity index (χ1v) is 9.03. The predicted molar refractivity (Wildman–Crippen MR) is 108 cm³/mol. The Bertz CT molecular complexity index is 774. The molecule has 0 bridgehead atoms. The Labute approximate surface area is 165 Å². The van der Waals surface area contributed by atoms with Gasteiger partial charge in [0.15, 0.2) is 11.5 Å². The van der Waals surface area contributed by atoms with Gasteiger partial charge in [-0.15, -0.1) is 0 Å². The number of hydrogen-bond acceptors (Lipinski definition) is 4. The lowest BCUT2D eigenvalue weighted by molar-refractivity contribution is -0.125. The molecule has 0 unspecified atom stereocenters. The molecule has 0 radical (unpaired) electrons. The number of halogens is 1. The molecule has 2 rings (SSSR count). The molecule has 0 saturated heterocycles. The molecule has 5 nitrogen and oxygen atoms in total. The van der Waals surface area contributed by atoms with Crippen molar-refractivity contribution in [3.63, 3.8) is 0 Å². The number of methoxy groups -OCH3 is 1. The van der Waals surface area contributed by atoms with Crippen LogP contribution in [0.3, 0.4) is 0 Å². The van der Waals surface area contributed by atoms with E-state index in [1.165, 1.54) is 6.08 Å². The van der Waals surface area contributed by atoms with Crippen LogP contribution in [-0.2, 0) is 4.79 Å². The fourth-order valence-electron chi connectivity index (χ4n) is 2.30.